The minimum atomic E-state index is -0.614. The van der Waals surface area contributed by atoms with Gasteiger partial charge < -0.3 is 15.0 Å². The summed E-state index contributed by atoms with van der Waals surface area (Å²) in [5.41, 5.74) is 3.42. The monoisotopic (exact) mass is 398 g/mol. The molecule has 7 nitrogen and oxygen atoms in total. The molecule has 0 spiro atoms. The van der Waals surface area contributed by atoms with E-state index in [9.17, 15) is 9.59 Å². The number of benzene rings is 1. The Morgan fingerprint density at radius 2 is 2.03 bits per heavy atom. The zero-order valence-electron chi connectivity index (χ0n) is 17.8. The minimum absolute atomic E-state index is 0.138. The Kier molecular flexibility index (Phi) is 5.96. The second kappa shape index (κ2) is 8.27. The average molecular weight is 399 g/mol. The number of rotatable bonds is 5. The number of aryl methyl sites for hydroxylation is 2. The first-order valence-electron chi connectivity index (χ1n) is 10.1. The van der Waals surface area contributed by atoms with Gasteiger partial charge in [0.15, 0.2) is 0 Å². The van der Waals surface area contributed by atoms with Crippen molar-refractivity contribution < 1.29 is 14.3 Å². The molecule has 1 aromatic carbocycles. The highest BCUT2D eigenvalue weighted by Crippen LogP contribution is 2.39. The lowest BCUT2D eigenvalue weighted by molar-refractivity contribution is -0.118. The van der Waals surface area contributed by atoms with E-state index >= 15 is 0 Å². The van der Waals surface area contributed by atoms with E-state index in [1.165, 1.54) is 0 Å². The molecule has 0 fully saturated rings. The maximum absolute atomic E-state index is 13.1. The van der Waals surface area contributed by atoms with Crippen LogP contribution >= 0.6 is 0 Å². The third-order valence-corrected chi connectivity index (χ3v) is 4.85. The molecule has 3 rings (SSSR count). The number of H-pyrrole nitrogens is 1. The van der Waals surface area contributed by atoms with Gasteiger partial charge in [-0.25, -0.2) is 9.78 Å². The third-order valence-electron chi connectivity index (χ3n) is 4.85. The molecule has 0 aliphatic carbocycles. The molecule has 0 saturated carbocycles. The van der Waals surface area contributed by atoms with Crippen LogP contribution in [0.3, 0.4) is 0 Å². The number of hydrogen-bond acceptors (Lipinski definition) is 4. The fourth-order valence-corrected chi connectivity index (χ4v) is 3.63. The maximum atomic E-state index is 13.1. The average Bonchev–Trinajstić information content (AvgIpc) is 3.19. The van der Waals surface area contributed by atoms with Crippen molar-refractivity contribution in [2.45, 2.75) is 65.5 Å². The molecule has 0 radical (unpaired) electrons. The predicted molar refractivity (Wildman–Crippen MR) is 112 cm³/mol. The number of para-hydroxylation sites is 1. The van der Waals surface area contributed by atoms with Crippen LogP contribution in [-0.2, 0) is 22.4 Å². The highest BCUT2D eigenvalue weighted by molar-refractivity contribution is 5.98. The van der Waals surface area contributed by atoms with Gasteiger partial charge in [-0.1, -0.05) is 31.5 Å². The molecule has 2 aromatic rings. The molecule has 29 heavy (non-hydrogen) atoms. The van der Waals surface area contributed by atoms with Gasteiger partial charge in [0.05, 0.1) is 11.7 Å². The first-order valence-corrected chi connectivity index (χ1v) is 10.1. The molecule has 7 heteroatoms. The van der Waals surface area contributed by atoms with Crippen molar-refractivity contribution in [1.29, 1.82) is 0 Å². The molecule has 2 N–H and O–H groups in total. The molecule has 2 amide bonds. The van der Waals surface area contributed by atoms with Gasteiger partial charge in [-0.3, -0.25) is 9.69 Å². The Balaban J connectivity index is 1.81. The molecule has 1 atom stereocenters. The smallest absolute Gasteiger partial charge is 0.408 e. The van der Waals surface area contributed by atoms with Crippen LogP contribution in [0.1, 0.15) is 62.9 Å². The summed E-state index contributed by atoms with van der Waals surface area (Å²) in [6.45, 7) is 9.34. The third kappa shape index (κ3) is 4.78. The zero-order chi connectivity index (χ0) is 21.2. The highest BCUT2D eigenvalue weighted by Gasteiger charge is 2.36. The summed E-state index contributed by atoms with van der Waals surface area (Å²) in [5.74, 6) is 0.588. The minimum Gasteiger partial charge on any atom is -0.444 e. The van der Waals surface area contributed by atoms with E-state index < -0.39 is 11.7 Å². The fourth-order valence-electron chi connectivity index (χ4n) is 3.63. The SMILES string of the molecule is CCCc1[nH]c(C2Cc3ccccc3N2C(=O)CNC(=O)OC(C)(C)C)nc1C. The first-order chi connectivity index (χ1) is 13.7. The molecule has 156 valence electrons. The predicted octanol–water partition coefficient (Wildman–Crippen LogP) is 3.83. The number of ether oxygens (including phenoxy) is 1. The fraction of sp³-hybridized carbons (Fsp3) is 0.500. The largest absolute Gasteiger partial charge is 0.444 e. The number of carbonyl (C=O) groups is 2. The second-order valence-electron chi connectivity index (χ2n) is 8.40. The van der Waals surface area contributed by atoms with E-state index in [1.807, 2.05) is 31.2 Å². The number of aromatic nitrogens is 2. The van der Waals surface area contributed by atoms with Gasteiger partial charge in [0.25, 0.3) is 0 Å². The number of hydrogen-bond donors (Lipinski definition) is 2. The quantitative estimate of drug-likeness (QED) is 0.801. The standard InChI is InChI=1S/C22H30N4O3/c1-6-9-16-14(2)24-20(25-16)18-12-15-10-7-8-11-17(15)26(18)19(27)13-23-21(28)29-22(3,4)5/h7-8,10-11,18H,6,9,12-13H2,1-5H3,(H,23,28)(H,24,25). The van der Waals surface area contributed by atoms with Crippen molar-refractivity contribution in [3.05, 3.63) is 47.0 Å². The van der Waals surface area contributed by atoms with Crippen molar-refractivity contribution in [2.24, 2.45) is 0 Å². The number of imidazole rings is 1. The number of amides is 2. The van der Waals surface area contributed by atoms with Crippen molar-refractivity contribution in [3.8, 4) is 0 Å². The van der Waals surface area contributed by atoms with E-state index in [0.717, 1.165) is 41.3 Å². The van der Waals surface area contributed by atoms with Crippen molar-refractivity contribution in [3.63, 3.8) is 0 Å². The molecule has 1 aliphatic heterocycles. The lowest BCUT2D eigenvalue weighted by Crippen LogP contribution is -2.42. The summed E-state index contributed by atoms with van der Waals surface area (Å²) in [4.78, 5) is 34.9. The molecule has 1 aromatic heterocycles. The van der Waals surface area contributed by atoms with Crippen LogP contribution in [0, 0.1) is 6.92 Å². The number of alkyl carbamates (subject to hydrolysis) is 1. The van der Waals surface area contributed by atoms with Crippen molar-refractivity contribution >= 4 is 17.7 Å². The maximum Gasteiger partial charge on any atom is 0.408 e. The van der Waals surface area contributed by atoms with Crippen LogP contribution < -0.4 is 10.2 Å². The summed E-state index contributed by atoms with van der Waals surface area (Å²) >= 11 is 0. The van der Waals surface area contributed by atoms with Crippen molar-refractivity contribution in [1.82, 2.24) is 15.3 Å². The Labute approximate surface area is 171 Å². The Hall–Kier alpha value is -2.83. The Morgan fingerprint density at radius 3 is 2.72 bits per heavy atom. The summed E-state index contributed by atoms with van der Waals surface area (Å²) in [5, 5.41) is 2.57. The van der Waals surface area contributed by atoms with Gasteiger partial charge in [0.2, 0.25) is 5.91 Å². The topological polar surface area (TPSA) is 87.3 Å². The summed E-state index contributed by atoms with van der Waals surface area (Å²) in [6, 6.07) is 7.63. The Bertz CT molecular complexity index is 898. The van der Waals surface area contributed by atoms with Crippen LogP contribution in [0.15, 0.2) is 24.3 Å². The molecular formula is C22H30N4O3. The number of anilines is 1. The molecule has 1 aliphatic rings. The number of aromatic amines is 1. The summed E-state index contributed by atoms with van der Waals surface area (Å²) < 4.78 is 5.24. The van der Waals surface area contributed by atoms with E-state index in [2.05, 4.69) is 17.2 Å². The number of fused-ring (bicyclic) bond motifs is 1. The summed E-state index contributed by atoms with van der Waals surface area (Å²) in [6.07, 6.45) is 2.03. The second-order valence-corrected chi connectivity index (χ2v) is 8.40. The van der Waals surface area contributed by atoms with Crippen LogP contribution in [0.25, 0.3) is 0 Å². The first kappa shape index (κ1) is 20.9. The molecule has 0 saturated heterocycles. The van der Waals surface area contributed by atoms with Gasteiger partial charge in [0, 0.05) is 17.8 Å². The number of nitrogens with one attached hydrogen (secondary N) is 2. The molecule has 1 unspecified atom stereocenters. The van der Waals surface area contributed by atoms with Crippen LogP contribution in [0.5, 0.6) is 0 Å². The molecular weight excluding hydrogens is 368 g/mol. The number of carbonyl (C=O) groups excluding carboxylic acids is 2. The molecule has 0 bridgehead atoms. The van der Waals surface area contributed by atoms with Gasteiger partial charge in [-0.2, -0.15) is 0 Å². The van der Waals surface area contributed by atoms with Crippen molar-refractivity contribution in [2.75, 3.05) is 11.4 Å². The normalized spacial score (nSPS) is 15.9. The lowest BCUT2D eigenvalue weighted by Gasteiger charge is -2.25. The van der Waals surface area contributed by atoms with E-state index in [-0.39, 0.29) is 18.5 Å². The van der Waals surface area contributed by atoms with Crippen LogP contribution in [-0.4, -0.2) is 34.1 Å². The highest BCUT2D eigenvalue weighted by atomic mass is 16.6. The van der Waals surface area contributed by atoms with Gasteiger partial charge in [-0.15, -0.1) is 0 Å². The van der Waals surface area contributed by atoms with E-state index in [4.69, 9.17) is 9.72 Å². The van der Waals surface area contributed by atoms with E-state index in [1.54, 1.807) is 25.7 Å². The Morgan fingerprint density at radius 1 is 1.31 bits per heavy atom. The summed E-state index contributed by atoms with van der Waals surface area (Å²) in [7, 11) is 0. The zero-order valence-corrected chi connectivity index (χ0v) is 17.8. The molecule has 2 heterocycles. The van der Waals surface area contributed by atoms with Gasteiger partial charge in [-0.05, 0) is 45.7 Å². The van der Waals surface area contributed by atoms with E-state index in [0.29, 0.717) is 6.42 Å². The van der Waals surface area contributed by atoms with Crippen LogP contribution in [0.2, 0.25) is 0 Å². The van der Waals surface area contributed by atoms with Crippen LogP contribution in [0.4, 0.5) is 10.5 Å². The van der Waals surface area contributed by atoms with Gasteiger partial charge in [0.1, 0.15) is 18.0 Å². The lowest BCUT2D eigenvalue weighted by atomic mass is 10.1. The number of nitrogens with zero attached hydrogens (tertiary/aromatic N) is 2. The van der Waals surface area contributed by atoms with Gasteiger partial charge >= 0.3 is 6.09 Å².